The highest BCUT2D eigenvalue weighted by Gasteiger charge is 2.56. The normalized spacial score (nSPS) is 15.6. The summed E-state index contributed by atoms with van der Waals surface area (Å²) in [5.74, 6) is 0.210. The molecule has 2 amide bonds. The van der Waals surface area contributed by atoms with E-state index in [1.165, 1.54) is 12.1 Å². The van der Waals surface area contributed by atoms with Crippen molar-refractivity contribution in [1.82, 2.24) is 5.32 Å². The van der Waals surface area contributed by atoms with Crippen molar-refractivity contribution in [2.45, 2.75) is 33.1 Å². The lowest BCUT2D eigenvalue weighted by atomic mass is 10.0. The summed E-state index contributed by atoms with van der Waals surface area (Å²) < 4.78 is 0. The molecular weight excluding hydrogens is 268 g/mol. The molecule has 5 nitrogen and oxygen atoms in total. The van der Waals surface area contributed by atoms with Crippen LogP contribution in [0.25, 0.3) is 0 Å². The lowest BCUT2D eigenvalue weighted by Gasteiger charge is -2.16. The average molecular weight is 290 g/mol. The predicted octanol–water partition coefficient (Wildman–Crippen LogP) is 2.27. The molecule has 0 bridgehead atoms. The third kappa shape index (κ3) is 3.74. The van der Waals surface area contributed by atoms with Crippen LogP contribution in [-0.4, -0.2) is 23.5 Å². The fourth-order valence-electron chi connectivity index (χ4n) is 2.12. The van der Waals surface area contributed by atoms with Gasteiger partial charge in [-0.1, -0.05) is 13.8 Å². The number of anilines is 1. The summed E-state index contributed by atoms with van der Waals surface area (Å²) in [6.45, 7) is 4.79. The molecule has 0 unspecified atom stereocenters. The number of phenolic OH excluding ortho intramolecular Hbond substituents is 1. The minimum Gasteiger partial charge on any atom is -0.508 e. The van der Waals surface area contributed by atoms with Crippen LogP contribution in [0.4, 0.5) is 5.69 Å². The molecule has 114 valence electrons. The van der Waals surface area contributed by atoms with Crippen LogP contribution in [0.3, 0.4) is 0 Å². The highest BCUT2D eigenvalue weighted by molar-refractivity contribution is 6.13. The lowest BCUT2D eigenvalue weighted by molar-refractivity contribution is -0.134. The zero-order valence-corrected chi connectivity index (χ0v) is 12.5. The second-order valence-corrected chi connectivity index (χ2v) is 6.02. The monoisotopic (exact) mass is 290 g/mol. The van der Waals surface area contributed by atoms with Crippen molar-refractivity contribution in [2.75, 3.05) is 11.9 Å². The first-order valence-electron chi connectivity index (χ1n) is 7.33. The van der Waals surface area contributed by atoms with Crippen LogP contribution < -0.4 is 10.6 Å². The van der Waals surface area contributed by atoms with Gasteiger partial charge in [-0.15, -0.1) is 0 Å². The largest absolute Gasteiger partial charge is 0.508 e. The highest BCUT2D eigenvalue weighted by atomic mass is 16.3. The van der Waals surface area contributed by atoms with Crippen LogP contribution in [-0.2, 0) is 9.59 Å². The van der Waals surface area contributed by atoms with Crippen molar-refractivity contribution in [3.05, 3.63) is 24.3 Å². The van der Waals surface area contributed by atoms with E-state index in [9.17, 15) is 14.7 Å². The Kier molecular flexibility index (Phi) is 4.50. The van der Waals surface area contributed by atoms with Crippen molar-refractivity contribution in [1.29, 1.82) is 0 Å². The number of rotatable bonds is 6. The van der Waals surface area contributed by atoms with E-state index in [0.29, 0.717) is 31.0 Å². The molecule has 0 aromatic heterocycles. The van der Waals surface area contributed by atoms with Crippen molar-refractivity contribution in [2.24, 2.45) is 11.3 Å². The van der Waals surface area contributed by atoms with Crippen LogP contribution in [0.2, 0.25) is 0 Å². The third-order valence-corrected chi connectivity index (χ3v) is 3.75. The predicted molar refractivity (Wildman–Crippen MR) is 80.9 cm³/mol. The van der Waals surface area contributed by atoms with Gasteiger partial charge in [0.25, 0.3) is 0 Å². The van der Waals surface area contributed by atoms with Gasteiger partial charge in [-0.3, -0.25) is 9.59 Å². The average Bonchev–Trinajstić information content (AvgIpc) is 3.22. The maximum Gasteiger partial charge on any atom is 0.240 e. The van der Waals surface area contributed by atoms with E-state index in [1.807, 2.05) is 0 Å². The Bertz CT molecular complexity index is 519. The minimum absolute atomic E-state index is 0.139. The molecule has 21 heavy (non-hydrogen) atoms. The fraction of sp³-hybridized carbons (Fsp3) is 0.500. The Labute approximate surface area is 124 Å². The summed E-state index contributed by atoms with van der Waals surface area (Å²) >= 11 is 0. The lowest BCUT2D eigenvalue weighted by Crippen LogP contribution is -2.40. The quantitative estimate of drug-likeness (QED) is 0.555. The number of amides is 2. The number of carbonyl (C=O) groups excluding carboxylic acids is 2. The van der Waals surface area contributed by atoms with Crippen LogP contribution in [0.1, 0.15) is 33.1 Å². The number of phenols is 1. The SMILES string of the molecule is CC(C)CCNC(=O)C1(C(=O)Nc2ccc(O)cc2)CC1. The summed E-state index contributed by atoms with van der Waals surface area (Å²) in [6, 6.07) is 6.22. The van der Waals surface area contributed by atoms with E-state index >= 15 is 0 Å². The molecule has 3 N–H and O–H groups in total. The molecule has 1 aromatic carbocycles. The number of carbonyl (C=O) groups is 2. The smallest absolute Gasteiger partial charge is 0.240 e. The highest BCUT2D eigenvalue weighted by Crippen LogP contribution is 2.46. The van der Waals surface area contributed by atoms with Gasteiger partial charge in [0.15, 0.2) is 0 Å². The van der Waals surface area contributed by atoms with Gasteiger partial charge in [0.05, 0.1) is 0 Å². The first kappa shape index (κ1) is 15.4. The molecule has 0 atom stereocenters. The second-order valence-electron chi connectivity index (χ2n) is 6.02. The molecule has 1 aliphatic carbocycles. The maximum absolute atomic E-state index is 12.3. The third-order valence-electron chi connectivity index (χ3n) is 3.75. The van der Waals surface area contributed by atoms with Gasteiger partial charge in [-0.05, 0) is 49.4 Å². The molecule has 0 heterocycles. The molecule has 1 aliphatic rings. The molecule has 0 radical (unpaired) electrons. The Morgan fingerprint density at radius 3 is 2.33 bits per heavy atom. The minimum atomic E-state index is -0.908. The van der Waals surface area contributed by atoms with E-state index in [2.05, 4.69) is 24.5 Å². The first-order valence-corrected chi connectivity index (χ1v) is 7.33. The zero-order chi connectivity index (χ0) is 15.5. The molecule has 0 aliphatic heterocycles. The fourth-order valence-corrected chi connectivity index (χ4v) is 2.12. The Hall–Kier alpha value is -2.04. The van der Waals surface area contributed by atoms with Gasteiger partial charge in [0, 0.05) is 12.2 Å². The summed E-state index contributed by atoms with van der Waals surface area (Å²) in [4.78, 5) is 24.5. The Morgan fingerprint density at radius 2 is 1.81 bits per heavy atom. The van der Waals surface area contributed by atoms with Crippen molar-refractivity contribution < 1.29 is 14.7 Å². The summed E-state index contributed by atoms with van der Waals surface area (Å²) in [6.07, 6.45) is 2.08. The van der Waals surface area contributed by atoms with Gasteiger partial charge in [0.1, 0.15) is 11.2 Å². The van der Waals surface area contributed by atoms with E-state index < -0.39 is 5.41 Å². The van der Waals surface area contributed by atoms with E-state index in [0.717, 1.165) is 6.42 Å². The van der Waals surface area contributed by atoms with E-state index in [4.69, 9.17) is 0 Å². The summed E-state index contributed by atoms with van der Waals surface area (Å²) in [5, 5.41) is 14.8. The van der Waals surface area contributed by atoms with Crippen LogP contribution >= 0.6 is 0 Å². The van der Waals surface area contributed by atoms with E-state index in [-0.39, 0.29) is 17.6 Å². The molecule has 0 saturated heterocycles. The van der Waals surface area contributed by atoms with Gasteiger partial charge < -0.3 is 15.7 Å². The van der Waals surface area contributed by atoms with E-state index in [1.54, 1.807) is 12.1 Å². The first-order chi connectivity index (χ1) is 9.94. The molecule has 1 fully saturated rings. The molecule has 1 aromatic rings. The molecule has 1 saturated carbocycles. The van der Waals surface area contributed by atoms with Gasteiger partial charge >= 0.3 is 0 Å². The Morgan fingerprint density at radius 1 is 1.19 bits per heavy atom. The molecular formula is C16H22N2O3. The standard InChI is InChI=1S/C16H22N2O3/c1-11(2)7-10-17-14(20)16(8-9-16)15(21)18-12-3-5-13(19)6-4-12/h3-6,11,19H,7-10H2,1-2H3,(H,17,20)(H,18,21). The number of benzene rings is 1. The Balaban J connectivity index is 1.91. The molecule has 5 heteroatoms. The van der Waals surface area contributed by atoms with Crippen molar-refractivity contribution in [3.8, 4) is 5.75 Å². The van der Waals surface area contributed by atoms with Gasteiger partial charge in [-0.25, -0.2) is 0 Å². The molecule has 2 rings (SSSR count). The number of nitrogens with one attached hydrogen (secondary N) is 2. The zero-order valence-electron chi connectivity index (χ0n) is 12.5. The van der Waals surface area contributed by atoms with Gasteiger partial charge in [0.2, 0.25) is 11.8 Å². The summed E-state index contributed by atoms with van der Waals surface area (Å²) in [7, 11) is 0. The number of aromatic hydroxyl groups is 1. The van der Waals surface area contributed by atoms with Gasteiger partial charge in [-0.2, -0.15) is 0 Å². The second kappa shape index (κ2) is 6.16. The number of hydrogen-bond acceptors (Lipinski definition) is 3. The summed E-state index contributed by atoms with van der Waals surface area (Å²) in [5.41, 5.74) is -0.325. The van der Waals surface area contributed by atoms with Crippen molar-refractivity contribution >= 4 is 17.5 Å². The topological polar surface area (TPSA) is 78.4 Å². The maximum atomic E-state index is 12.3. The van der Waals surface area contributed by atoms with Crippen LogP contribution in [0, 0.1) is 11.3 Å². The number of hydrogen-bond donors (Lipinski definition) is 3. The van der Waals surface area contributed by atoms with Crippen LogP contribution in [0.5, 0.6) is 5.75 Å². The van der Waals surface area contributed by atoms with Crippen LogP contribution in [0.15, 0.2) is 24.3 Å². The van der Waals surface area contributed by atoms with Crippen molar-refractivity contribution in [3.63, 3.8) is 0 Å². The molecule has 0 spiro atoms.